The predicted octanol–water partition coefficient (Wildman–Crippen LogP) is 2.54. The Morgan fingerprint density at radius 3 is 2.65 bits per heavy atom. The van der Waals surface area contributed by atoms with E-state index in [0.29, 0.717) is 0 Å². The molecule has 0 radical (unpaired) electrons. The van der Waals surface area contributed by atoms with Gasteiger partial charge >= 0.3 is 13.7 Å². The van der Waals surface area contributed by atoms with Gasteiger partial charge in [0.15, 0.2) is 23.1 Å². The molecule has 1 saturated heterocycles. The maximum Gasteiger partial charge on any atom is 0.459 e. The monoisotopic (exact) mass is 582 g/mol. The number of nitrogens with one attached hydrogen (secondary N) is 1. The molecule has 40 heavy (non-hydrogen) atoms. The number of aliphatic hydroxyl groups excluding tert-OH is 1. The first-order chi connectivity index (χ1) is 18.8. The standard InChI is InChI=1S/C24H32FN6O8P/c1-13(2)37-21(33)14(3)30-40(34,39-15-9-7-6-8-10-15)36-11-16-18(32)24(4,25)22(38-16)31-12-27-17-19(31)28-23(26)29-20(17)35-5/h6-10,12-14,16,18,22,32H,11H2,1-5H3,(H,30,34)(H2,26,28,29)/t14-,16-,18-,22-,24-,40?/m1/s1. The molecule has 0 spiro atoms. The van der Waals surface area contributed by atoms with Gasteiger partial charge in [-0.1, -0.05) is 18.2 Å². The molecule has 2 aromatic heterocycles. The lowest BCUT2D eigenvalue weighted by atomic mass is 9.98. The number of ether oxygens (including phenoxy) is 3. The van der Waals surface area contributed by atoms with Gasteiger partial charge in [0.1, 0.15) is 24.0 Å². The Balaban J connectivity index is 1.56. The van der Waals surface area contributed by atoms with Crippen LogP contribution in [0.15, 0.2) is 36.7 Å². The van der Waals surface area contributed by atoms with Crippen LogP contribution in [0, 0.1) is 0 Å². The van der Waals surface area contributed by atoms with Gasteiger partial charge in [-0.2, -0.15) is 15.1 Å². The van der Waals surface area contributed by atoms with E-state index in [-0.39, 0.29) is 28.7 Å². The molecule has 0 amide bonds. The quantitative estimate of drug-likeness (QED) is 0.222. The number of anilines is 1. The average Bonchev–Trinajstić information content (AvgIpc) is 3.40. The van der Waals surface area contributed by atoms with Gasteiger partial charge in [0, 0.05) is 0 Å². The molecule has 1 fully saturated rings. The largest absolute Gasteiger partial charge is 0.479 e. The molecule has 1 unspecified atom stereocenters. The summed E-state index contributed by atoms with van der Waals surface area (Å²) < 4.78 is 58.3. The minimum absolute atomic E-state index is 0.0791. The van der Waals surface area contributed by atoms with E-state index in [4.69, 9.17) is 29.0 Å². The van der Waals surface area contributed by atoms with Gasteiger partial charge in [-0.05, 0) is 39.8 Å². The number of para-hydroxylation sites is 1. The van der Waals surface area contributed by atoms with Gasteiger partial charge in [-0.15, -0.1) is 0 Å². The summed E-state index contributed by atoms with van der Waals surface area (Å²) in [6.45, 7) is 5.33. The molecule has 1 aromatic carbocycles. The summed E-state index contributed by atoms with van der Waals surface area (Å²) in [5.74, 6) is -0.566. The first-order valence-corrected chi connectivity index (χ1v) is 13.9. The highest BCUT2D eigenvalue weighted by Crippen LogP contribution is 2.48. The van der Waals surface area contributed by atoms with E-state index in [0.717, 1.165) is 6.92 Å². The molecule has 4 rings (SSSR count). The second kappa shape index (κ2) is 11.6. The molecule has 1 aliphatic heterocycles. The zero-order valence-electron chi connectivity index (χ0n) is 22.6. The van der Waals surface area contributed by atoms with Crippen LogP contribution in [-0.4, -0.2) is 74.3 Å². The topological polar surface area (TPSA) is 182 Å². The van der Waals surface area contributed by atoms with Crippen molar-refractivity contribution in [3.05, 3.63) is 36.7 Å². The molecule has 6 atom stereocenters. The number of aliphatic hydroxyl groups is 1. The van der Waals surface area contributed by atoms with Crippen molar-refractivity contribution in [2.75, 3.05) is 19.5 Å². The Hall–Kier alpha value is -3.36. The van der Waals surface area contributed by atoms with Crippen LogP contribution >= 0.6 is 7.75 Å². The van der Waals surface area contributed by atoms with Gasteiger partial charge < -0.3 is 29.6 Å². The van der Waals surface area contributed by atoms with E-state index in [2.05, 4.69) is 20.0 Å². The van der Waals surface area contributed by atoms with E-state index >= 15 is 4.39 Å². The third-order valence-corrected chi connectivity index (χ3v) is 7.65. The summed E-state index contributed by atoms with van der Waals surface area (Å²) in [6.07, 6.45) is -3.63. The van der Waals surface area contributed by atoms with Crippen LogP contribution in [-0.2, 0) is 23.4 Å². The maximum absolute atomic E-state index is 15.9. The van der Waals surface area contributed by atoms with E-state index in [9.17, 15) is 14.5 Å². The van der Waals surface area contributed by atoms with Crippen LogP contribution in [0.25, 0.3) is 11.2 Å². The van der Waals surface area contributed by atoms with Crippen LogP contribution in [0.5, 0.6) is 11.6 Å². The molecule has 0 bridgehead atoms. The number of hydrogen-bond donors (Lipinski definition) is 3. The summed E-state index contributed by atoms with van der Waals surface area (Å²) in [5.41, 5.74) is 3.71. The minimum atomic E-state index is -4.29. The Kier molecular flexibility index (Phi) is 8.61. The van der Waals surface area contributed by atoms with Gasteiger partial charge in [0.2, 0.25) is 11.8 Å². The van der Waals surface area contributed by atoms with Crippen molar-refractivity contribution in [3.8, 4) is 11.6 Å². The van der Waals surface area contributed by atoms with Gasteiger partial charge in [0.25, 0.3) is 0 Å². The second-order valence-corrected chi connectivity index (χ2v) is 11.3. The van der Waals surface area contributed by atoms with Crippen LogP contribution < -0.4 is 20.1 Å². The van der Waals surface area contributed by atoms with Crippen LogP contribution in [0.2, 0.25) is 0 Å². The van der Waals surface area contributed by atoms with Crippen LogP contribution in [0.3, 0.4) is 0 Å². The summed E-state index contributed by atoms with van der Waals surface area (Å²) >= 11 is 0. The number of carbonyl (C=O) groups is 1. The highest BCUT2D eigenvalue weighted by Gasteiger charge is 2.56. The number of carbonyl (C=O) groups excluding carboxylic acids is 1. The molecule has 0 aliphatic carbocycles. The number of benzene rings is 1. The van der Waals surface area contributed by atoms with E-state index in [1.807, 2.05) is 0 Å². The lowest BCUT2D eigenvalue weighted by Crippen LogP contribution is -2.41. The number of rotatable bonds is 11. The smallest absolute Gasteiger partial charge is 0.459 e. The highest BCUT2D eigenvalue weighted by molar-refractivity contribution is 7.52. The Morgan fingerprint density at radius 2 is 2.00 bits per heavy atom. The molecule has 3 heterocycles. The Bertz CT molecular complexity index is 1390. The van der Waals surface area contributed by atoms with Gasteiger partial charge in [-0.25, -0.2) is 13.9 Å². The SMILES string of the molecule is COc1nc(N)nc2c1ncn2[C@@H]1O[C@H](COP(=O)(N[C@H](C)C(=O)OC(C)C)Oc2ccccc2)[C@@H](O)[C@@]1(C)F. The fourth-order valence-corrected chi connectivity index (χ4v) is 5.58. The number of nitrogens with two attached hydrogens (primary N) is 1. The predicted molar refractivity (Wildman–Crippen MR) is 140 cm³/mol. The van der Waals surface area contributed by atoms with Gasteiger partial charge in [-0.3, -0.25) is 13.9 Å². The number of alkyl halides is 1. The fraction of sp³-hybridized carbons (Fsp3) is 0.500. The molecule has 0 saturated carbocycles. The lowest BCUT2D eigenvalue weighted by Gasteiger charge is -2.25. The number of aromatic nitrogens is 4. The maximum atomic E-state index is 15.9. The minimum Gasteiger partial charge on any atom is -0.479 e. The molecule has 16 heteroatoms. The third-order valence-electron chi connectivity index (χ3n) is 6.00. The van der Waals surface area contributed by atoms with Crippen molar-refractivity contribution in [1.29, 1.82) is 0 Å². The van der Waals surface area contributed by atoms with Crippen molar-refractivity contribution in [2.45, 2.75) is 63.9 Å². The number of nitrogens with zero attached hydrogens (tertiary/aromatic N) is 4. The first kappa shape index (κ1) is 29.6. The normalized spacial score (nSPS) is 25.1. The van der Waals surface area contributed by atoms with Crippen molar-refractivity contribution < 1.29 is 42.1 Å². The number of imidazole rings is 1. The summed E-state index contributed by atoms with van der Waals surface area (Å²) in [5, 5.41) is 13.4. The average molecular weight is 583 g/mol. The van der Waals surface area contributed by atoms with Crippen LogP contribution in [0.1, 0.15) is 33.9 Å². The molecule has 3 aromatic rings. The van der Waals surface area contributed by atoms with Crippen LogP contribution in [0.4, 0.5) is 10.3 Å². The summed E-state index contributed by atoms with van der Waals surface area (Å²) in [4.78, 5) is 24.6. The first-order valence-electron chi connectivity index (χ1n) is 12.4. The zero-order chi connectivity index (χ0) is 29.2. The van der Waals surface area contributed by atoms with E-state index < -0.39 is 56.6 Å². The lowest BCUT2D eigenvalue weighted by molar-refractivity contribution is -0.149. The molecular weight excluding hydrogens is 550 g/mol. The highest BCUT2D eigenvalue weighted by atomic mass is 31.2. The number of methoxy groups -OCH3 is 1. The van der Waals surface area contributed by atoms with E-state index in [1.165, 1.54) is 37.1 Å². The number of esters is 1. The summed E-state index contributed by atoms with van der Waals surface area (Å²) in [6, 6.07) is 7.02. The van der Waals surface area contributed by atoms with E-state index in [1.54, 1.807) is 32.0 Å². The van der Waals surface area contributed by atoms with Crippen molar-refractivity contribution in [3.63, 3.8) is 0 Å². The number of nitrogen functional groups attached to an aromatic ring is 1. The third kappa shape index (κ3) is 6.18. The zero-order valence-corrected chi connectivity index (χ0v) is 23.4. The summed E-state index contributed by atoms with van der Waals surface area (Å²) in [7, 11) is -2.92. The van der Waals surface area contributed by atoms with Crippen molar-refractivity contribution >= 4 is 30.8 Å². The number of halogens is 1. The fourth-order valence-electron chi connectivity index (χ4n) is 4.08. The van der Waals surface area contributed by atoms with Gasteiger partial charge in [0.05, 0.1) is 26.1 Å². The Labute approximate surface area is 229 Å². The van der Waals surface area contributed by atoms with Crippen molar-refractivity contribution in [2.24, 2.45) is 0 Å². The number of fused-ring (bicyclic) bond motifs is 1. The van der Waals surface area contributed by atoms with Crippen molar-refractivity contribution in [1.82, 2.24) is 24.6 Å². The molecule has 14 nitrogen and oxygen atoms in total. The molecule has 4 N–H and O–H groups in total. The number of hydrogen-bond acceptors (Lipinski definition) is 12. The molecule has 1 aliphatic rings. The second-order valence-electron chi connectivity index (χ2n) is 9.57. The molecule has 218 valence electrons. The molecular formula is C24H32FN6O8P. The Morgan fingerprint density at radius 1 is 1.30 bits per heavy atom.